The lowest BCUT2D eigenvalue weighted by Crippen LogP contribution is -2.34. The van der Waals surface area contributed by atoms with Crippen molar-refractivity contribution < 1.29 is 10.2 Å². The lowest BCUT2D eigenvalue weighted by atomic mass is 9.82. The Hall–Kier alpha value is -2.78. The Morgan fingerprint density at radius 2 is 1.94 bits per heavy atom. The van der Waals surface area contributed by atoms with Crippen molar-refractivity contribution in [3.8, 4) is 0 Å². The van der Waals surface area contributed by atoms with Crippen LogP contribution in [-0.2, 0) is 25.2 Å². The van der Waals surface area contributed by atoms with E-state index in [2.05, 4.69) is 46.9 Å². The molecular weight excluding hydrogens is 418 g/mol. The van der Waals surface area contributed by atoms with E-state index in [1.165, 1.54) is 19.3 Å². The average molecular weight is 452 g/mol. The van der Waals surface area contributed by atoms with E-state index in [1.807, 2.05) is 29.3 Å². The van der Waals surface area contributed by atoms with Gasteiger partial charge in [-0.15, -0.1) is 0 Å². The van der Waals surface area contributed by atoms with Crippen LogP contribution in [0.4, 0.5) is 0 Å². The van der Waals surface area contributed by atoms with Gasteiger partial charge in [-0.1, -0.05) is 20.3 Å². The number of hydrogen-bond donors (Lipinski definition) is 2. The number of aliphatic imine (C=N–C) groups is 1. The molecule has 2 unspecified atom stereocenters. The largest absolute Gasteiger partial charge is 0.394 e. The minimum Gasteiger partial charge on any atom is -0.394 e. The van der Waals surface area contributed by atoms with Crippen LogP contribution >= 0.6 is 0 Å². The Morgan fingerprint density at radius 3 is 2.70 bits per heavy atom. The van der Waals surface area contributed by atoms with Crippen LogP contribution in [0.2, 0.25) is 0 Å². The Labute approximate surface area is 193 Å². The number of hydrogen-bond acceptors (Lipinski definition) is 6. The normalized spacial score (nSPS) is 25.1. The summed E-state index contributed by atoms with van der Waals surface area (Å²) in [4.78, 5) is 5.19. The topological polar surface area (TPSA) is 106 Å². The fourth-order valence-corrected chi connectivity index (χ4v) is 5.22. The first-order chi connectivity index (χ1) is 15.8. The molecule has 1 fully saturated rings. The van der Waals surface area contributed by atoms with Crippen molar-refractivity contribution in [1.29, 1.82) is 0 Å². The summed E-state index contributed by atoms with van der Waals surface area (Å²) >= 11 is 0. The van der Waals surface area contributed by atoms with Crippen LogP contribution < -0.4 is 0 Å². The minimum absolute atomic E-state index is 0.237. The summed E-state index contributed by atoms with van der Waals surface area (Å²) in [6, 6.07) is 2.00. The molecule has 0 saturated heterocycles. The van der Waals surface area contributed by atoms with Crippen molar-refractivity contribution in [2.45, 2.75) is 71.3 Å². The molecule has 2 aliphatic rings. The number of fused-ring (bicyclic) bond motifs is 1. The van der Waals surface area contributed by atoms with Gasteiger partial charge in [-0.05, 0) is 37.2 Å². The first kappa shape index (κ1) is 22.0. The molecule has 1 aliphatic carbocycles. The van der Waals surface area contributed by atoms with Crippen molar-refractivity contribution in [1.82, 2.24) is 29.3 Å². The highest BCUT2D eigenvalue weighted by atomic mass is 16.3. The zero-order valence-electron chi connectivity index (χ0n) is 19.6. The molecule has 4 heterocycles. The Balaban J connectivity index is 1.45. The van der Waals surface area contributed by atoms with Crippen LogP contribution in [0.3, 0.4) is 0 Å². The van der Waals surface area contributed by atoms with Gasteiger partial charge in [0.1, 0.15) is 5.54 Å². The average Bonchev–Trinajstić information content (AvgIpc) is 3.56. The molecule has 1 aliphatic heterocycles. The van der Waals surface area contributed by atoms with Crippen molar-refractivity contribution in [2.24, 2.45) is 16.3 Å². The minimum atomic E-state index is -0.843. The van der Waals surface area contributed by atoms with Gasteiger partial charge in [-0.3, -0.25) is 19.0 Å². The van der Waals surface area contributed by atoms with Gasteiger partial charge in [0.05, 0.1) is 49.6 Å². The number of nitrogens with zero attached hydrogens (tertiary/aromatic N) is 7. The monoisotopic (exact) mass is 451 g/mol. The Kier molecular flexibility index (Phi) is 5.49. The van der Waals surface area contributed by atoms with Gasteiger partial charge < -0.3 is 10.2 Å². The third-order valence-electron chi connectivity index (χ3n) is 7.43. The predicted molar refractivity (Wildman–Crippen MR) is 124 cm³/mol. The molecule has 5 rings (SSSR count). The molecular formula is C24H33N7O2. The lowest BCUT2D eigenvalue weighted by molar-refractivity contribution is 0.0782. The van der Waals surface area contributed by atoms with E-state index in [-0.39, 0.29) is 13.2 Å². The maximum Gasteiger partial charge on any atom is 0.106 e. The van der Waals surface area contributed by atoms with Gasteiger partial charge in [-0.2, -0.15) is 15.3 Å². The molecule has 2 N–H and O–H groups in total. The molecule has 3 atom stereocenters. The molecule has 0 amide bonds. The lowest BCUT2D eigenvalue weighted by Gasteiger charge is -2.30. The van der Waals surface area contributed by atoms with Crippen molar-refractivity contribution in [3.63, 3.8) is 0 Å². The fraction of sp³-hybridized carbons (Fsp3) is 0.583. The second-order valence-electron chi connectivity index (χ2n) is 10.4. The van der Waals surface area contributed by atoms with Crippen LogP contribution in [0.15, 0.2) is 42.0 Å². The fourth-order valence-electron chi connectivity index (χ4n) is 5.22. The number of aliphatic hydroxyl groups excluding tert-OH is 2. The summed E-state index contributed by atoms with van der Waals surface area (Å²) in [5, 5.41) is 32.5. The zero-order chi connectivity index (χ0) is 23.2. The second kappa shape index (κ2) is 8.22. The summed E-state index contributed by atoms with van der Waals surface area (Å²) in [5.74, 6) is 0.634. The van der Waals surface area contributed by atoms with Crippen LogP contribution in [-0.4, -0.2) is 58.0 Å². The SMILES string of the molecule is CC1(c2cnn(C[C@@H](O)CO)c2)Cn2nccc2C(c2cnn(CC3CCCC3(C)C)c2)=N1. The summed E-state index contributed by atoms with van der Waals surface area (Å²) in [6.07, 6.45) is 12.5. The Morgan fingerprint density at radius 1 is 1.12 bits per heavy atom. The molecule has 33 heavy (non-hydrogen) atoms. The van der Waals surface area contributed by atoms with Gasteiger partial charge in [0.15, 0.2) is 0 Å². The highest BCUT2D eigenvalue weighted by Crippen LogP contribution is 2.43. The third-order valence-corrected chi connectivity index (χ3v) is 7.43. The zero-order valence-corrected chi connectivity index (χ0v) is 19.6. The predicted octanol–water partition coefficient (Wildman–Crippen LogP) is 2.22. The van der Waals surface area contributed by atoms with Gasteiger partial charge in [0, 0.05) is 36.3 Å². The maximum absolute atomic E-state index is 9.76. The van der Waals surface area contributed by atoms with E-state index in [4.69, 9.17) is 10.1 Å². The van der Waals surface area contributed by atoms with Gasteiger partial charge in [-0.25, -0.2) is 0 Å². The first-order valence-corrected chi connectivity index (χ1v) is 11.7. The van der Waals surface area contributed by atoms with Crippen molar-refractivity contribution in [3.05, 3.63) is 53.9 Å². The summed E-state index contributed by atoms with van der Waals surface area (Å²) in [5.41, 5.74) is 3.58. The van der Waals surface area contributed by atoms with Gasteiger partial charge in [0.25, 0.3) is 0 Å². The molecule has 0 radical (unpaired) electrons. The quantitative estimate of drug-likeness (QED) is 0.573. The molecule has 176 valence electrons. The molecule has 0 bridgehead atoms. The van der Waals surface area contributed by atoms with Gasteiger partial charge >= 0.3 is 0 Å². The summed E-state index contributed by atoms with van der Waals surface area (Å²) < 4.78 is 5.70. The van der Waals surface area contributed by atoms with E-state index in [9.17, 15) is 5.11 Å². The second-order valence-corrected chi connectivity index (χ2v) is 10.4. The summed E-state index contributed by atoms with van der Waals surface area (Å²) in [6.45, 7) is 8.27. The van der Waals surface area contributed by atoms with Crippen LogP contribution in [0.5, 0.6) is 0 Å². The molecule has 9 heteroatoms. The van der Waals surface area contributed by atoms with Crippen molar-refractivity contribution >= 4 is 5.71 Å². The van der Waals surface area contributed by atoms with Crippen LogP contribution in [0.1, 0.15) is 56.9 Å². The number of aliphatic hydroxyl groups is 2. The van der Waals surface area contributed by atoms with E-state index < -0.39 is 11.6 Å². The molecule has 3 aromatic rings. The van der Waals surface area contributed by atoms with E-state index in [0.717, 1.165) is 29.1 Å². The first-order valence-electron chi connectivity index (χ1n) is 11.7. The van der Waals surface area contributed by atoms with E-state index >= 15 is 0 Å². The third kappa shape index (κ3) is 4.15. The Bertz CT molecular complexity index is 1160. The number of aromatic nitrogens is 6. The molecule has 1 saturated carbocycles. The standard InChI is InChI=1S/C24H33N7O2/c1-23(2)7-4-5-18(23)12-29-11-17(9-26-29)22-21-6-8-25-31(21)16-24(3,28-22)19-10-27-30(13-19)14-20(33)15-32/h6,8-11,13,18,20,32-33H,4-5,7,12,14-16H2,1-3H3/t18?,20-,24?/m1/s1. The molecule has 3 aromatic heterocycles. The summed E-state index contributed by atoms with van der Waals surface area (Å²) in [7, 11) is 0. The molecule has 0 spiro atoms. The molecule has 0 aromatic carbocycles. The van der Waals surface area contributed by atoms with Crippen molar-refractivity contribution in [2.75, 3.05) is 6.61 Å². The highest BCUT2D eigenvalue weighted by molar-refractivity contribution is 6.12. The molecule has 9 nitrogen and oxygen atoms in total. The van der Waals surface area contributed by atoms with Crippen LogP contribution in [0.25, 0.3) is 0 Å². The van der Waals surface area contributed by atoms with Crippen LogP contribution in [0, 0.1) is 11.3 Å². The highest BCUT2D eigenvalue weighted by Gasteiger charge is 2.36. The maximum atomic E-state index is 9.76. The van der Waals surface area contributed by atoms with E-state index in [0.29, 0.717) is 17.9 Å². The van der Waals surface area contributed by atoms with E-state index in [1.54, 1.807) is 10.9 Å². The number of rotatable bonds is 7. The van der Waals surface area contributed by atoms with Gasteiger partial charge in [0.2, 0.25) is 0 Å². The smallest absolute Gasteiger partial charge is 0.106 e.